The van der Waals surface area contributed by atoms with E-state index in [0.29, 0.717) is 0 Å². The van der Waals surface area contributed by atoms with Crippen LogP contribution in [0.3, 0.4) is 0 Å². The van der Waals surface area contributed by atoms with Crippen LogP contribution in [0.2, 0.25) is 0 Å². The molecule has 0 aliphatic heterocycles. The van der Waals surface area contributed by atoms with Crippen molar-refractivity contribution < 1.29 is 44.1 Å². The molecule has 0 saturated heterocycles. The molecule has 0 aliphatic carbocycles. The molecule has 0 unspecified atom stereocenters. The molecule has 0 bridgehead atoms. The van der Waals surface area contributed by atoms with Crippen LogP contribution in [0.5, 0.6) is 0 Å². The van der Waals surface area contributed by atoms with Gasteiger partial charge in [0.05, 0.1) is 13.6 Å². The fourth-order valence-corrected chi connectivity index (χ4v) is 1.49. The number of aryl methyl sites for hydroxylation is 2. The van der Waals surface area contributed by atoms with E-state index in [0.717, 1.165) is 6.54 Å². The third-order valence-electron chi connectivity index (χ3n) is 2.72. The number of hydrogen-bond acceptors (Lipinski definition) is 0. The molecule has 1 aromatic heterocycles. The molecule has 130 valence electrons. The zero-order valence-electron chi connectivity index (χ0n) is 11.7. The summed E-state index contributed by atoms with van der Waals surface area (Å²) < 4.78 is 106. The molecule has 1 rings (SSSR count). The topological polar surface area (TPSA) is 8.81 Å². The van der Waals surface area contributed by atoms with Crippen LogP contribution in [-0.2, 0) is 13.6 Å². The summed E-state index contributed by atoms with van der Waals surface area (Å²) in [6.45, 7) is 5.32. The first-order valence-corrected chi connectivity index (χ1v) is 5.83. The number of hydrogen-bond donors (Lipinski definition) is 0. The van der Waals surface area contributed by atoms with E-state index in [1.54, 1.807) is 0 Å². The zero-order valence-corrected chi connectivity index (χ0v) is 11.7. The SMILES string of the molecule is CCn1cc[n+](C)c1C.FC(F)(F)C(C(F)(F)F)C(F)(F)F. The van der Waals surface area contributed by atoms with Crippen LogP contribution in [-0.4, -0.2) is 23.1 Å². The predicted octanol–water partition coefficient (Wildman–Crippen LogP) is 3.93. The largest absolute Gasteiger partial charge is 0.409 e. The van der Waals surface area contributed by atoms with E-state index in [4.69, 9.17) is 0 Å². The number of nitrogens with zero attached hydrogens (tertiary/aromatic N) is 2. The van der Waals surface area contributed by atoms with Gasteiger partial charge in [-0.1, -0.05) is 0 Å². The van der Waals surface area contributed by atoms with Crippen LogP contribution in [0.4, 0.5) is 39.5 Å². The standard InChI is InChI=1S/C7H13N2.C4HF9/c1-4-9-6-5-8(3)7(9)2;5-2(6,7)1(3(8,9)10)4(11,12)13/h5-6H,4H2,1-3H3;1H/q+1;. The lowest BCUT2D eigenvalue weighted by atomic mass is 10.1. The second kappa shape index (κ2) is 6.78. The Bertz CT molecular complexity index is 434. The Morgan fingerprint density at radius 3 is 1.41 bits per heavy atom. The van der Waals surface area contributed by atoms with Crippen molar-refractivity contribution in [2.75, 3.05) is 0 Å². The van der Waals surface area contributed by atoms with Crippen LogP contribution < -0.4 is 4.57 Å². The smallest absolute Gasteiger partial charge is 0.237 e. The molecule has 0 fully saturated rings. The molecule has 0 aromatic carbocycles. The Morgan fingerprint density at radius 2 is 1.32 bits per heavy atom. The molecule has 1 heterocycles. The first-order chi connectivity index (χ1) is 9.62. The van der Waals surface area contributed by atoms with Crippen molar-refractivity contribution in [1.82, 2.24) is 4.57 Å². The lowest BCUT2D eigenvalue weighted by Crippen LogP contribution is -2.46. The van der Waals surface area contributed by atoms with Crippen molar-refractivity contribution in [3.63, 3.8) is 0 Å². The molecule has 11 heteroatoms. The molecular weight excluding hydrogens is 331 g/mol. The Kier molecular flexibility index (Phi) is 6.34. The Hall–Kier alpha value is -1.42. The molecular formula is C11H14F9N2+. The second-order valence-corrected chi connectivity index (χ2v) is 4.30. The van der Waals surface area contributed by atoms with E-state index in [1.165, 1.54) is 5.82 Å². The summed E-state index contributed by atoms with van der Waals surface area (Å²) in [7, 11) is 2.06. The monoisotopic (exact) mass is 345 g/mol. The molecule has 22 heavy (non-hydrogen) atoms. The minimum absolute atomic E-state index is 1.06. The van der Waals surface area contributed by atoms with Gasteiger partial charge in [-0.3, -0.25) is 0 Å². The summed E-state index contributed by atoms with van der Waals surface area (Å²) in [5, 5.41) is 0. The lowest BCUT2D eigenvalue weighted by Gasteiger charge is -2.24. The highest BCUT2D eigenvalue weighted by Gasteiger charge is 2.69. The van der Waals surface area contributed by atoms with Crippen molar-refractivity contribution in [2.45, 2.75) is 38.9 Å². The van der Waals surface area contributed by atoms with Gasteiger partial charge in [0.1, 0.15) is 12.4 Å². The van der Waals surface area contributed by atoms with E-state index in [1.807, 2.05) is 0 Å². The van der Waals surface area contributed by atoms with Crippen LogP contribution >= 0.6 is 0 Å². The predicted molar refractivity (Wildman–Crippen MR) is 57.7 cm³/mol. The molecule has 2 nitrogen and oxygen atoms in total. The maximum Gasteiger partial charge on any atom is 0.409 e. The third kappa shape index (κ3) is 5.76. The Morgan fingerprint density at radius 1 is 0.955 bits per heavy atom. The minimum Gasteiger partial charge on any atom is -0.237 e. The first-order valence-electron chi connectivity index (χ1n) is 5.83. The van der Waals surface area contributed by atoms with Gasteiger partial charge in [0.25, 0.3) is 5.82 Å². The van der Waals surface area contributed by atoms with Crippen molar-refractivity contribution >= 4 is 0 Å². The molecule has 0 radical (unpaired) electrons. The van der Waals surface area contributed by atoms with Gasteiger partial charge < -0.3 is 0 Å². The van der Waals surface area contributed by atoms with Crippen molar-refractivity contribution in [1.29, 1.82) is 0 Å². The summed E-state index contributed by atoms with van der Waals surface area (Å²) in [6, 6.07) is 0. The minimum atomic E-state index is -6.36. The number of aromatic nitrogens is 2. The van der Waals surface area contributed by atoms with Crippen LogP contribution in [0.25, 0.3) is 0 Å². The third-order valence-corrected chi connectivity index (χ3v) is 2.72. The fourth-order valence-electron chi connectivity index (χ4n) is 1.49. The molecule has 0 spiro atoms. The molecule has 1 aromatic rings. The van der Waals surface area contributed by atoms with E-state index in [9.17, 15) is 39.5 Å². The summed E-state index contributed by atoms with van der Waals surface area (Å²) in [5.74, 6) is -3.97. The Labute approximate surface area is 120 Å². The molecule has 0 N–H and O–H groups in total. The van der Waals surface area contributed by atoms with Crippen molar-refractivity contribution in [3.8, 4) is 0 Å². The van der Waals surface area contributed by atoms with E-state index in [-0.39, 0.29) is 0 Å². The highest BCUT2D eigenvalue weighted by atomic mass is 19.4. The second-order valence-electron chi connectivity index (χ2n) is 4.30. The van der Waals surface area contributed by atoms with E-state index < -0.39 is 24.4 Å². The number of halogens is 9. The van der Waals surface area contributed by atoms with Gasteiger partial charge in [-0.05, 0) is 6.92 Å². The average Bonchev–Trinajstić information content (AvgIpc) is 2.53. The molecule has 0 atom stereocenters. The fraction of sp³-hybridized carbons (Fsp3) is 0.727. The summed E-state index contributed by atoms with van der Waals surface area (Å²) in [5.41, 5.74) is 0. The van der Waals surface area contributed by atoms with Crippen LogP contribution in [0, 0.1) is 12.8 Å². The van der Waals surface area contributed by atoms with Crippen molar-refractivity contribution in [2.24, 2.45) is 13.0 Å². The van der Waals surface area contributed by atoms with Crippen molar-refractivity contribution in [3.05, 3.63) is 18.2 Å². The lowest BCUT2D eigenvalue weighted by molar-refractivity contribution is -0.677. The molecule has 0 amide bonds. The average molecular weight is 345 g/mol. The molecule has 0 aliphatic rings. The molecule has 0 saturated carbocycles. The van der Waals surface area contributed by atoms with Crippen LogP contribution in [0.1, 0.15) is 12.7 Å². The summed E-state index contributed by atoms with van der Waals surface area (Å²) in [6.07, 6.45) is -14.9. The van der Waals surface area contributed by atoms with Gasteiger partial charge in [0.15, 0.2) is 0 Å². The summed E-state index contributed by atoms with van der Waals surface area (Å²) >= 11 is 0. The maximum absolute atomic E-state index is 11.3. The highest BCUT2D eigenvalue weighted by molar-refractivity contribution is 4.81. The van der Waals surface area contributed by atoms with Gasteiger partial charge in [0.2, 0.25) is 5.92 Å². The Balaban J connectivity index is 0.000000425. The van der Waals surface area contributed by atoms with Crippen LogP contribution in [0.15, 0.2) is 12.4 Å². The van der Waals surface area contributed by atoms with E-state index >= 15 is 0 Å². The normalized spacial score (nSPS) is 13.1. The number of imidazole rings is 1. The van der Waals surface area contributed by atoms with E-state index in [2.05, 4.69) is 42.4 Å². The highest BCUT2D eigenvalue weighted by Crippen LogP contribution is 2.48. The first kappa shape index (κ1) is 20.6. The van der Waals surface area contributed by atoms with Gasteiger partial charge in [0, 0.05) is 6.92 Å². The number of rotatable bonds is 1. The summed E-state index contributed by atoms with van der Waals surface area (Å²) in [4.78, 5) is 0. The number of alkyl halides is 9. The van der Waals surface area contributed by atoms with Gasteiger partial charge in [-0.15, -0.1) is 0 Å². The quantitative estimate of drug-likeness (QED) is 0.539. The van der Waals surface area contributed by atoms with Gasteiger partial charge >= 0.3 is 18.5 Å². The zero-order chi connectivity index (χ0) is 17.9. The van der Waals surface area contributed by atoms with Gasteiger partial charge in [-0.2, -0.15) is 39.5 Å². The maximum atomic E-state index is 11.3. The van der Waals surface area contributed by atoms with Gasteiger partial charge in [-0.25, -0.2) is 9.13 Å².